The molecule has 138 valence electrons. The first-order valence-electron chi connectivity index (χ1n) is 8.30. The van der Waals surface area contributed by atoms with Crippen molar-refractivity contribution in [1.29, 1.82) is 0 Å². The van der Waals surface area contributed by atoms with E-state index in [1.807, 2.05) is 36.4 Å². The number of anilines is 1. The van der Waals surface area contributed by atoms with Crippen molar-refractivity contribution in [3.05, 3.63) is 88.4 Å². The molecule has 1 heterocycles. The summed E-state index contributed by atoms with van der Waals surface area (Å²) in [5.41, 5.74) is 5.34. The van der Waals surface area contributed by atoms with Gasteiger partial charge in [0.2, 0.25) is 11.0 Å². The number of fused-ring (bicyclic) bond motifs is 1. The molecule has 1 aromatic heterocycles. The summed E-state index contributed by atoms with van der Waals surface area (Å²) < 4.78 is 1.08. The molecule has 4 rings (SSSR count). The summed E-state index contributed by atoms with van der Waals surface area (Å²) in [5, 5.41) is 14.9. The van der Waals surface area contributed by atoms with E-state index in [4.69, 9.17) is 23.2 Å². The molecule has 0 saturated carbocycles. The number of aromatic nitrogens is 1. The molecule has 0 aliphatic carbocycles. The number of para-hydroxylation sites is 1. The molecular weight excluding hydrogens is 413 g/mol. The van der Waals surface area contributed by atoms with Gasteiger partial charge in [-0.2, -0.15) is 5.10 Å². The Morgan fingerprint density at radius 3 is 2.25 bits per heavy atom. The van der Waals surface area contributed by atoms with Crippen LogP contribution in [0.1, 0.15) is 5.56 Å². The van der Waals surface area contributed by atoms with Crippen LogP contribution in [0.2, 0.25) is 10.0 Å². The second-order valence-corrected chi connectivity index (χ2v) is 7.62. The lowest BCUT2D eigenvalue weighted by atomic mass is 10.2. The van der Waals surface area contributed by atoms with Crippen LogP contribution in [0.4, 0.5) is 10.8 Å². The van der Waals surface area contributed by atoms with Gasteiger partial charge >= 0.3 is 0 Å². The zero-order chi connectivity index (χ0) is 19.3. The molecular formula is C20H13Cl2N5S. The average Bonchev–Trinajstić information content (AvgIpc) is 3.13. The Labute approximate surface area is 175 Å². The van der Waals surface area contributed by atoms with E-state index >= 15 is 0 Å². The van der Waals surface area contributed by atoms with Crippen molar-refractivity contribution in [2.75, 3.05) is 5.43 Å². The third-order valence-corrected chi connectivity index (χ3v) is 5.19. The fourth-order valence-electron chi connectivity index (χ4n) is 2.38. The standard InChI is InChI=1S/C20H13Cl2N5S/c21-14-7-5-13(6-8-14)19(25-24-16-11-9-15(22)10-12-16)26-27-20-23-17-3-1-2-4-18(17)28-20/h1-12H,(H,23,27)/b25-24+,26-19+. The van der Waals surface area contributed by atoms with Gasteiger partial charge in [0.05, 0.1) is 15.9 Å². The number of amidine groups is 1. The summed E-state index contributed by atoms with van der Waals surface area (Å²) in [6.07, 6.45) is 0. The van der Waals surface area contributed by atoms with Gasteiger partial charge < -0.3 is 0 Å². The summed E-state index contributed by atoms with van der Waals surface area (Å²) in [6.45, 7) is 0. The summed E-state index contributed by atoms with van der Waals surface area (Å²) in [7, 11) is 0. The van der Waals surface area contributed by atoms with E-state index < -0.39 is 0 Å². The number of hydrogen-bond donors (Lipinski definition) is 1. The van der Waals surface area contributed by atoms with Crippen LogP contribution in [-0.2, 0) is 0 Å². The third kappa shape index (κ3) is 4.54. The Morgan fingerprint density at radius 1 is 0.857 bits per heavy atom. The van der Waals surface area contributed by atoms with Crippen molar-refractivity contribution in [3.8, 4) is 0 Å². The van der Waals surface area contributed by atoms with Crippen LogP contribution in [0, 0.1) is 0 Å². The molecule has 0 amide bonds. The largest absolute Gasteiger partial charge is 0.250 e. The molecule has 0 fully saturated rings. The minimum Gasteiger partial charge on any atom is -0.250 e. The highest BCUT2D eigenvalue weighted by Crippen LogP contribution is 2.25. The Morgan fingerprint density at radius 2 is 1.54 bits per heavy atom. The molecule has 0 atom stereocenters. The van der Waals surface area contributed by atoms with E-state index in [9.17, 15) is 0 Å². The fourth-order valence-corrected chi connectivity index (χ4v) is 3.44. The van der Waals surface area contributed by atoms with Crippen LogP contribution >= 0.6 is 34.5 Å². The van der Waals surface area contributed by atoms with Gasteiger partial charge in [-0.3, -0.25) is 5.43 Å². The van der Waals surface area contributed by atoms with Crippen molar-refractivity contribution in [3.63, 3.8) is 0 Å². The molecule has 0 aliphatic heterocycles. The Hall–Kier alpha value is -2.80. The highest BCUT2D eigenvalue weighted by atomic mass is 35.5. The van der Waals surface area contributed by atoms with Gasteiger partial charge in [-0.15, -0.1) is 10.2 Å². The van der Waals surface area contributed by atoms with E-state index in [0.717, 1.165) is 15.8 Å². The lowest BCUT2D eigenvalue weighted by molar-refractivity contribution is 1.22. The number of benzene rings is 3. The SMILES string of the molecule is Clc1ccc(/N=N/C(=N/Nc2nc3ccccc3s2)c2ccc(Cl)cc2)cc1. The molecule has 8 heteroatoms. The van der Waals surface area contributed by atoms with E-state index in [1.165, 1.54) is 11.3 Å². The first kappa shape index (κ1) is 18.6. The van der Waals surface area contributed by atoms with Crippen LogP contribution in [0.5, 0.6) is 0 Å². The number of thiazole rings is 1. The second-order valence-electron chi connectivity index (χ2n) is 5.72. The number of halogens is 2. The summed E-state index contributed by atoms with van der Waals surface area (Å²) in [5.74, 6) is 0.408. The van der Waals surface area contributed by atoms with E-state index in [0.29, 0.717) is 26.7 Å². The maximum Gasteiger partial charge on any atom is 0.204 e. The van der Waals surface area contributed by atoms with Gasteiger partial charge in [0.15, 0.2) is 0 Å². The van der Waals surface area contributed by atoms with Crippen molar-refractivity contribution < 1.29 is 0 Å². The molecule has 0 saturated heterocycles. The summed E-state index contributed by atoms with van der Waals surface area (Å²) in [4.78, 5) is 4.51. The first-order chi connectivity index (χ1) is 13.7. The van der Waals surface area contributed by atoms with Gasteiger partial charge in [0.1, 0.15) is 0 Å². The molecule has 0 spiro atoms. The zero-order valence-corrected chi connectivity index (χ0v) is 16.7. The van der Waals surface area contributed by atoms with E-state index in [-0.39, 0.29) is 0 Å². The second kappa shape index (κ2) is 8.48. The predicted molar refractivity (Wildman–Crippen MR) is 117 cm³/mol. The number of nitrogens with one attached hydrogen (secondary N) is 1. The smallest absolute Gasteiger partial charge is 0.204 e. The summed E-state index contributed by atoms with van der Waals surface area (Å²) in [6, 6.07) is 22.2. The Bertz CT molecular complexity index is 1120. The van der Waals surface area contributed by atoms with Crippen LogP contribution in [-0.4, -0.2) is 10.8 Å². The Kier molecular flexibility index (Phi) is 5.62. The van der Waals surface area contributed by atoms with Crippen LogP contribution in [0.15, 0.2) is 88.1 Å². The van der Waals surface area contributed by atoms with E-state index in [2.05, 4.69) is 25.7 Å². The fraction of sp³-hybridized carbons (Fsp3) is 0. The topological polar surface area (TPSA) is 62.0 Å². The quantitative estimate of drug-likeness (QED) is 0.163. The van der Waals surface area contributed by atoms with Gasteiger partial charge in [-0.25, -0.2) is 4.98 Å². The van der Waals surface area contributed by atoms with Crippen molar-refractivity contribution in [1.82, 2.24) is 4.98 Å². The lowest BCUT2D eigenvalue weighted by Gasteiger charge is -2.01. The van der Waals surface area contributed by atoms with Crippen molar-refractivity contribution in [2.24, 2.45) is 15.3 Å². The first-order valence-corrected chi connectivity index (χ1v) is 9.87. The van der Waals surface area contributed by atoms with Crippen LogP contribution < -0.4 is 5.43 Å². The number of nitrogens with zero attached hydrogens (tertiary/aromatic N) is 4. The summed E-state index contributed by atoms with van der Waals surface area (Å²) >= 11 is 13.4. The molecule has 4 aromatic rings. The van der Waals surface area contributed by atoms with Gasteiger partial charge in [0, 0.05) is 15.6 Å². The molecule has 0 aliphatic rings. The number of rotatable bonds is 4. The van der Waals surface area contributed by atoms with E-state index in [1.54, 1.807) is 36.4 Å². The highest BCUT2D eigenvalue weighted by molar-refractivity contribution is 7.22. The molecule has 3 aromatic carbocycles. The molecule has 0 unspecified atom stereocenters. The minimum absolute atomic E-state index is 0.408. The maximum absolute atomic E-state index is 5.99. The van der Waals surface area contributed by atoms with Crippen molar-refractivity contribution in [2.45, 2.75) is 0 Å². The number of hydrazone groups is 1. The number of azo groups is 1. The third-order valence-electron chi connectivity index (χ3n) is 3.74. The minimum atomic E-state index is 0.408. The molecule has 1 N–H and O–H groups in total. The number of hydrogen-bond acceptors (Lipinski definition) is 5. The lowest BCUT2D eigenvalue weighted by Crippen LogP contribution is -2.01. The van der Waals surface area contributed by atoms with Gasteiger partial charge in [-0.1, -0.05) is 46.7 Å². The van der Waals surface area contributed by atoms with Crippen molar-refractivity contribution >= 4 is 61.4 Å². The van der Waals surface area contributed by atoms with Gasteiger partial charge in [0.25, 0.3) is 0 Å². The predicted octanol–water partition coefficient (Wildman–Crippen LogP) is 7.16. The molecule has 5 nitrogen and oxygen atoms in total. The zero-order valence-electron chi connectivity index (χ0n) is 14.4. The molecule has 0 radical (unpaired) electrons. The maximum atomic E-state index is 5.99. The molecule has 28 heavy (non-hydrogen) atoms. The average molecular weight is 426 g/mol. The Balaban J connectivity index is 1.64. The van der Waals surface area contributed by atoms with Crippen LogP contribution in [0.25, 0.3) is 10.2 Å². The molecule has 0 bridgehead atoms. The monoisotopic (exact) mass is 425 g/mol. The highest BCUT2D eigenvalue weighted by Gasteiger charge is 2.06. The van der Waals surface area contributed by atoms with Gasteiger partial charge in [-0.05, 0) is 60.7 Å². The normalized spacial score (nSPS) is 12.0. The van der Waals surface area contributed by atoms with Crippen LogP contribution in [0.3, 0.4) is 0 Å².